The van der Waals surface area contributed by atoms with E-state index in [9.17, 15) is 5.11 Å². The summed E-state index contributed by atoms with van der Waals surface area (Å²) in [6, 6.07) is 17.1. The second-order valence-corrected chi connectivity index (χ2v) is 8.35. The average Bonchev–Trinajstić information content (AvgIpc) is 3.00. The summed E-state index contributed by atoms with van der Waals surface area (Å²) in [4.78, 5) is 5.11. The first kappa shape index (κ1) is 16.3. The number of likely N-dealkylation sites (tertiary alicyclic amines) is 1. The molecule has 2 aromatic rings. The summed E-state index contributed by atoms with van der Waals surface area (Å²) in [6.45, 7) is 5.34. The Bertz CT molecular complexity index is 780. The van der Waals surface area contributed by atoms with Crippen LogP contribution >= 0.6 is 0 Å². The Morgan fingerprint density at radius 2 is 1.77 bits per heavy atom. The van der Waals surface area contributed by atoms with Crippen molar-refractivity contribution in [3.05, 3.63) is 65.2 Å². The van der Waals surface area contributed by atoms with Crippen LogP contribution in [0, 0.1) is 0 Å². The van der Waals surface area contributed by atoms with E-state index in [-0.39, 0.29) is 6.10 Å². The maximum Gasteiger partial charge on any atom is 0.0916 e. The van der Waals surface area contributed by atoms with E-state index in [0.29, 0.717) is 5.41 Å². The fourth-order valence-electron chi connectivity index (χ4n) is 5.39. The Balaban J connectivity index is 1.30. The van der Waals surface area contributed by atoms with Gasteiger partial charge in [0.25, 0.3) is 0 Å². The van der Waals surface area contributed by atoms with Gasteiger partial charge >= 0.3 is 0 Å². The molecule has 3 aliphatic heterocycles. The van der Waals surface area contributed by atoms with Crippen molar-refractivity contribution in [1.29, 1.82) is 0 Å². The molecule has 3 heteroatoms. The molecule has 3 heterocycles. The lowest BCUT2D eigenvalue weighted by atomic mass is 9.74. The van der Waals surface area contributed by atoms with Crippen molar-refractivity contribution in [2.24, 2.45) is 0 Å². The molecule has 0 saturated carbocycles. The van der Waals surface area contributed by atoms with Crippen LogP contribution < -0.4 is 4.90 Å². The van der Waals surface area contributed by atoms with Gasteiger partial charge in [0.2, 0.25) is 0 Å². The third-order valence-electron chi connectivity index (χ3n) is 6.80. The largest absolute Gasteiger partial charge is 0.387 e. The summed E-state index contributed by atoms with van der Waals surface area (Å²) in [5.41, 5.74) is 6.10. The van der Waals surface area contributed by atoms with Crippen molar-refractivity contribution in [2.45, 2.75) is 37.2 Å². The average molecular weight is 348 g/mol. The van der Waals surface area contributed by atoms with Crippen LogP contribution in [0.5, 0.6) is 0 Å². The number of aliphatic hydroxyl groups excluding tert-OH is 1. The molecule has 3 nitrogen and oxygen atoms in total. The zero-order chi connectivity index (χ0) is 17.6. The predicted octanol–water partition coefficient (Wildman–Crippen LogP) is 3.52. The molecule has 2 aromatic carbocycles. The molecule has 26 heavy (non-hydrogen) atoms. The minimum Gasteiger partial charge on any atom is -0.387 e. The minimum atomic E-state index is -0.383. The van der Waals surface area contributed by atoms with Gasteiger partial charge in [-0.15, -0.1) is 0 Å². The summed E-state index contributed by atoms with van der Waals surface area (Å²) in [5.74, 6) is 0. The molecule has 0 aromatic heterocycles. The van der Waals surface area contributed by atoms with Crippen LogP contribution in [0.25, 0.3) is 0 Å². The van der Waals surface area contributed by atoms with Crippen LogP contribution in [0.4, 0.5) is 5.69 Å². The lowest BCUT2D eigenvalue weighted by Gasteiger charge is -2.40. The van der Waals surface area contributed by atoms with E-state index in [1.54, 1.807) is 16.8 Å². The zero-order valence-electron chi connectivity index (χ0n) is 15.4. The van der Waals surface area contributed by atoms with Crippen molar-refractivity contribution in [1.82, 2.24) is 4.90 Å². The fraction of sp³-hybridized carbons (Fsp3) is 0.478. The number of hydrogen-bond donors (Lipinski definition) is 1. The predicted molar refractivity (Wildman–Crippen MR) is 106 cm³/mol. The van der Waals surface area contributed by atoms with Gasteiger partial charge < -0.3 is 14.9 Å². The van der Waals surface area contributed by atoms with Crippen LogP contribution in [0.15, 0.2) is 48.5 Å². The van der Waals surface area contributed by atoms with E-state index in [1.807, 2.05) is 30.3 Å². The molecule has 0 aliphatic carbocycles. The van der Waals surface area contributed by atoms with Gasteiger partial charge in [0.05, 0.1) is 6.10 Å². The zero-order valence-corrected chi connectivity index (χ0v) is 15.4. The number of benzene rings is 2. The first-order chi connectivity index (χ1) is 12.8. The van der Waals surface area contributed by atoms with E-state index >= 15 is 0 Å². The number of para-hydroxylation sites is 1. The van der Waals surface area contributed by atoms with Crippen molar-refractivity contribution in [2.75, 3.05) is 37.6 Å². The summed E-state index contributed by atoms with van der Waals surface area (Å²) in [5, 5.41) is 10.6. The van der Waals surface area contributed by atoms with Crippen LogP contribution in [-0.2, 0) is 11.8 Å². The molecule has 1 atom stereocenters. The van der Waals surface area contributed by atoms with E-state index in [4.69, 9.17) is 0 Å². The summed E-state index contributed by atoms with van der Waals surface area (Å²) in [7, 11) is 0. The topological polar surface area (TPSA) is 26.7 Å². The Labute approximate surface area is 156 Å². The number of hydrogen-bond acceptors (Lipinski definition) is 3. The number of nitrogens with zero attached hydrogens (tertiary/aromatic N) is 2. The van der Waals surface area contributed by atoms with Gasteiger partial charge in [-0.25, -0.2) is 0 Å². The van der Waals surface area contributed by atoms with Crippen molar-refractivity contribution in [3.63, 3.8) is 0 Å². The second kappa shape index (κ2) is 6.40. The van der Waals surface area contributed by atoms with Gasteiger partial charge in [0, 0.05) is 30.7 Å². The molecule has 1 saturated heterocycles. The number of β-amino-alcohol motifs (C(OH)–C–C–N with tert-alkyl or cyclic N) is 1. The Kier molecular flexibility index (Phi) is 4.02. The molecule has 1 spiro atoms. The highest BCUT2D eigenvalue weighted by molar-refractivity contribution is 5.68. The fourth-order valence-corrected chi connectivity index (χ4v) is 5.39. The van der Waals surface area contributed by atoms with Crippen LogP contribution in [-0.4, -0.2) is 42.7 Å². The Morgan fingerprint density at radius 3 is 2.58 bits per heavy atom. The third kappa shape index (κ3) is 2.65. The summed E-state index contributed by atoms with van der Waals surface area (Å²) < 4.78 is 0. The molecule has 3 aliphatic rings. The number of fused-ring (bicyclic) bond motifs is 1. The highest BCUT2D eigenvalue weighted by Gasteiger charge is 2.45. The van der Waals surface area contributed by atoms with Gasteiger partial charge in [-0.2, -0.15) is 0 Å². The molecule has 0 amide bonds. The van der Waals surface area contributed by atoms with Crippen molar-refractivity contribution in [3.8, 4) is 0 Å². The summed E-state index contributed by atoms with van der Waals surface area (Å²) >= 11 is 0. The van der Waals surface area contributed by atoms with Gasteiger partial charge in [-0.3, -0.25) is 0 Å². The quantitative estimate of drug-likeness (QED) is 0.919. The first-order valence-corrected chi connectivity index (χ1v) is 10.1. The van der Waals surface area contributed by atoms with E-state index in [0.717, 1.165) is 25.2 Å². The second-order valence-electron chi connectivity index (χ2n) is 8.35. The minimum absolute atomic E-state index is 0.337. The molecular weight excluding hydrogens is 320 g/mol. The number of aliphatic hydroxyl groups is 1. The maximum absolute atomic E-state index is 10.6. The van der Waals surface area contributed by atoms with E-state index < -0.39 is 0 Å². The smallest absolute Gasteiger partial charge is 0.0916 e. The molecule has 1 N–H and O–H groups in total. The van der Waals surface area contributed by atoms with Crippen molar-refractivity contribution < 1.29 is 5.11 Å². The number of aryl methyl sites for hydroxylation is 1. The number of rotatable bonds is 3. The number of piperidine rings is 1. The molecule has 1 unspecified atom stereocenters. The van der Waals surface area contributed by atoms with Gasteiger partial charge in [0.15, 0.2) is 0 Å². The van der Waals surface area contributed by atoms with Crippen molar-refractivity contribution >= 4 is 5.69 Å². The highest BCUT2D eigenvalue weighted by Crippen LogP contribution is 2.49. The van der Waals surface area contributed by atoms with Gasteiger partial charge in [0.1, 0.15) is 0 Å². The van der Waals surface area contributed by atoms with Crippen LogP contribution in [0.3, 0.4) is 0 Å². The van der Waals surface area contributed by atoms with Crippen LogP contribution in [0.2, 0.25) is 0 Å². The molecule has 1 fully saturated rings. The lowest BCUT2D eigenvalue weighted by molar-refractivity contribution is 0.0837. The molecule has 5 rings (SSSR count). The molecule has 0 bridgehead atoms. The number of anilines is 1. The van der Waals surface area contributed by atoms with Crippen LogP contribution in [0.1, 0.15) is 42.1 Å². The Hall–Kier alpha value is -1.84. The molecule has 136 valence electrons. The van der Waals surface area contributed by atoms with Gasteiger partial charge in [-0.05, 0) is 55.5 Å². The molecular formula is C23H28N2O. The normalized spacial score (nSPS) is 22.4. The highest BCUT2D eigenvalue weighted by atomic mass is 16.3. The van der Waals surface area contributed by atoms with E-state index in [2.05, 4.69) is 28.0 Å². The first-order valence-electron chi connectivity index (χ1n) is 10.1. The monoisotopic (exact) mass is 348 g/mol. The van der Waals surface area contributed by atoms with E-state index in [1.165, 1.54) is 38.8 Å². The standard InChI is InChI=1S/C23H28N2O/c26-21(18-6-2-1-3-7-18)16-24-14-11-23(12-15-24)17-25-13-5-9-19-8-4-10-20(23)22(19)25/h1-4,6-8,10,21,26H,5,9,11-17H2. The summed E-state index contributed by atoms with van der Waals surface area (Å²) in [6.07, 6.45) is 4.57. The maximum atomic E-state index is 10.6. The lowest BCUT2D eigenvalue weighted by Crippen LogP contribution is -2.46. The SMILES string of the molecule is OC(CN1CCC2(CC1)CN1CCCc3cccc2c31)c1ccccc1. The third-order valence-corrected chi connectivity index (χ3v) is 6.80. The molecule has 0 radical (unpaired) electrons. The Morgan fingerprint density at radius 1 is 0.962 bits per heavy atom. The van der Waals surface area contributed by atoms with Gasteiger partial charge in [-0.1, -0.05) is 48.5 Å².